The zero-order valence-electron chi connectivity index (χ0n) is 17.1. The fraction of sp³-hybridized carbons (Fsp3) is 0.348. The summed E-state index contributed by atoms with van der Waals surface area (Å²) in [4.78, 5) is 2.45. The first-order chi connectivity index (χ1) is 14.0. The van der Waals surface area contributed by atoms with Gasteiger partial charge in [0.15, 0.2) is 11.6 Å². The molecule has 0 radical (unpaired) electrons. The van der Waals surface area contributed by atoms with Gasteiger partial charge in [0.1, 0.15) is 5.75 Å². The highest BCUT2D eigenvalue weighted by Gasteiger charge is 2.30. The standard InChI is InChI=1S/C23H26FN3O2/c1-16-6-11-22(20(24)13-16)29-18-9-7-17(8-10-18)14-27-12-4-5-21(27)19-15-26(2)25-23(19)28-3/h6-11,13,15,21H,4-5,12,14H2,1-3H3. The van der Waals surface area contributed by atoms with Crippen molar-refractivity contribution in [2.45, 2.75) is 32.4 Å². The van der Waals surface area contributed by atoms with Gasteiger partial charge < -0.3 is 9.47 Å². The van der Waals surface area contributed by atoms with Gasteiger partial charge in [-0.15, -0.1) is 5.10 Å². The summed E-state index contributed by atoms with van der Waals surface area (Å²) >= 11 is 0. The number of benzene rings is 2. The lowest BCUT2D eigenvalue weighted by Gasteiger charge is -2.24. The van der Waals surface area contributed by atoms with Crippen molar-refractivity contribution in [1.29, 1.82) is 0 Å². The van der Waals surface area contributed by atoms with E-state index >= 15 is 0 Å². The van der Waals surface area contributed by atoms with Gasteiger partial charge in [0, 0.05) is 25.8 Å². The maximum absolute atomic E-state index is 14.0. The van der Waals surface area contributed by atoms with Crippen LogP contribution in [0, 0.1) is 12.7 Å². The van der Waals surface area contributed by atoms with E-state index in [4.69, 9.17) is 9.47 Å². The predicted octanol–water partition coefficient (Wildman–Crippen LogP) is 5.01. The fourth-order valence-corrected chi connectivity index (χ4v) is 3.95. The molecule has 2 heterocycles. The molecule has 2 aromatic carbocycles. The molecular weight excluding hydrogens is 369 g/mol. The molecule has 6 heteroatoms. The first-order valence-corrected chi connectivity index (χ1v) is 9.88. The second kappa shape index (κ2) is 8.25. The molecule has 1 aliphatic rings. The van der Waals surface area contributed by atoms with Crippen LogP contribution in [0.15, 0.2) is 48.7 Å². The van der Waals surface area contributed by atoms with Crippen LogP contribution in [0.25, 0.3) is 0 Å². The summed E-state index contributed by atoms with van der Waals surface area (Å²) in [6.45, 7) is 3.73. The lowest BCUT2D eigenvalue weighted by molar-refractivity contribution is 0.242. The van der Waals surface area contributed by atoms with Crippen LogP contribution in [-0.4, -0.2) is 28.3 Å². The summed E-state index contributed by atoms with van der Waals surface area (Å²) in [6, 6.07) is 13.1. The molecule has 29 heavy (non-hydrogen) atoms. The zero-order valence-corrected chi connectivity index (χ0v) is 17.1. The maximum Gasteiger partial charge on any atom is 0.237 e. The van der Waals surface area contributed by atoms with Crippen LogP contribution in [-0.2, 0) is 13.6 Å². The number of aryl methyl sites for hydroxylation is 2. The second-order valence-corrected chi connectivity index (χ2v) is 7.58. The Balaban J connectivity index is 1.45. The normalized spacial score (nSPS) is 16.9. The van der Waals surface area contributed by atoms with Crippen LogP contribution in [0.2, 0.25) is 0 Å². The summed E-state index contributed by atoms with van der Waals surface area (Å²) < 4.78 is 27.0. The predicted molar refractivity (Wildman–Crippen MR) is 110 cm³/mol. The number of hydrogen-bond acceptors (Lipinski definition) is 4. The minimum atomic E-state index is -0.348. The topological polar surface area (TPSA) is 39.5 Å². The molecule has 1 saturated heterocycles. The smallest absolute Gasteiger partial charge is 0.237 e. The van der Waals surface area contributed by atoms with Gasteiger partial charge in [0.05, 0.1) is 12.7 Å². The quantitative estimate of drug-likeness (QED) is 0.588. The zero-order chi connectivity index (χ0) is 20.4. The van der Waals surface area contributed by atoms with E-state index in [1.165, 1.54) is 11.6 Å². The molecule has 5 nitrogen and oxygen atoms in total. The number of aromatic nitrogens is 2. The Hall–Kier alpha value is -2.86. The highest BCUT2D eigenvalue weighted by atomic mass is 19.1. The van der Waals surface area contributed by atoms with E-state index in [0.717, 1.165) is 37.1 Å². The second-order valence-electron chi connectivity index (χ2n) is 7.58. The largest absolute Gasteiger partial charge is 0.480 e. The van der Waals surface area contributed by atoms with Gasteiger partial charge in [-0.2, -0.15) is 0 Å². The number of rotatable bonds is 6. The molecule has 1 unspecified atom stereocenters. The third-order valence-corrected chi connectivity index (χ3v) is 5.36. The van der Waals surface area contributed by atoms with E-state index in [9.17, 15) is 4.39 Å². The number of ether oxygens (including phenoxy) is 2. The number of likely N-dealkylation sites (tertiary alicyclic amines) is 1. The first-order valence-electron chi connectivity index (χ1n) is 9.88. The van der Waals surface area contributed by atoms with Crippen LogP contribution in [0.3, 0.4) is 0 Å². The molecule has 0 saturated carbocycles. The van der Waals surface area contributed by atoms with Gasteiger partial charge in [0.25, 0.3) is 0 Å². The van der Waals surface area contributed by atoms with E-state index in [2.05, 4.69) is 16.2 Å². The van der Waals surface area contributed by atoms with Crippen LogP contribution in [0.1, 0.15) is 35.6 Å². The summed E-state index contributed by atoms with van der Waals surface area (Å²) in [5.74, 6) is 1.22. The van der Waals surface area contributed by atoms with Gasteiger partial charge in [-0.3, -0.25) is 9.58 Å². The van der Waals surface area contributed by atoms with Crippen molar-refractivity contribution in [3.63, 3.8) is 0 Å². The van der Waals surface area contributed by atoms with E-state index in [-0.39, 0.29) is 11.6 Å². The minimum Gasteiger partial charge on any atom is -0.480 e. The van der Waals surface area contributed by atoms with Crippen LogP contribution >= 0.6 is 0 Å². The van der Waals surface area contributed by atoms with Gasteiger partial charge in [0.2, 0.25) is 5.88 Å². The molecule has 0 bridgehead atoms. The molecule has 0 amide bonds. The Morgan fingerprint density at radius 1 is 1.17 bits per heavy atom. The molecule has 0 N–H and O–H groups in total. The monoisotopic (exact) mass is 395 g/mol. The summed E-state index contributed by atoms with van der Waals surface area (Å²) in [5, 5.41) is 4.40. The third kappa shape index (κ3) is 4.27. The SMILES string of the molecule is COc1nn(C)cc1C1CCCN1Cc1ccc(Oc2ccc(C)cc2F)cc1. The van der Waals surface area contributed by atoms with Crippen LogP contribution < -0.4 is 9.47 Å². The lowest BCUT2D eigenvalue weighted by atomic mass is 10.1. The molecule has 1 atom stereocenters. The fourth-order valence-electron chi connectivity index (χ4n) is 3.95. The van der Waals surface area contributed by atoms with Crippen molar-refractivity contribution in [3.05, 3.63) is 71.2 Å². The van der Waals surface area contributed by atoms with Crippen molar-refractivity contribution < 1.29 is 13.9 Å². The summed E-state index contributed by atoms with van der Waals surface area (Å²) in [7, 11) is 3.58. The number of hydrogen-bond donors (Lipinski definition) is 0. The first kappa shape index (κ1) is 19.5. The van der Waals surface area contributed by atoms with E-state index in [0.29, 0.717) is 17.7 Å². The number of halogens is 1. The van der Waals surface area contributed by atoms with E-state index < -0.39 is 0 Å². The average molecular weight is 395 g/mol. The van der Waals surface area contributed by atoms with Crippen molar-refractivity contribution in [2.24, 2.45) is 7.05 Å². The molecule has 1 aliphatic heterocycles. The van der Waals surface area contributed by atoms with Crippen molar-refractivity contribution in [2.75, 3.05) is 13.7 Å². The molecule has 3 aromatic rings. The lowest BCUT2D eigenvalue weighted by Crippen LogP contribution is -2.22. The molecule has 0 aliphatic carbocycles. The highest BCUT2D eigenvalue weighted by molar-refractivity contribution is 5.35. The van der Waals surface area contributed by atoms with Crippen molar-refractivity contribution in [3.8, 4) is 17.4 Å². The Kier molecular flexibility index (Phi) is 5.53. The summed E-state index contributed by atoms with van der Waals surface area (Å²) in [5.41, 5.74) is 3.20. The van der Waals surface area contributed by atoms with Gasteiger partial charge in [-0.1, -0.05) is 18.2 Å². The van der Waals surface area contributed by atoms with E-state index in [1.807, 2.05) is 44.3 Å². The van der Waals surface area contributed by atoms with Gasteiger partial charge >= 0.3 is 0 Å². The molecule has 0 spiro atoms. The Morgan fingerprint density at radius 2 is 1.97 bits per heavy atom. The maximum atomic E-state index is 14.0. The minimum absolute atomic E-state index is 0.242. The average Bonchev–Trinajstić information content (AvgIpc) is 3.31. The number of nitrogens with zero attached hydrogens (tertiary/aromatic N) is 3. The third-order valence-electron chi connectivity index (χ3n) is 5.36. The highest BCUT2D eigenvalue weighted by Crippen LogP contribution is 2.37. The van der Waals surface area contributed by atoms with Gasteiger partial charge in [-0.05, 0) is 61.7 Å². The molecule has 1 fully saturated rings. The molecule has 1 aromatic heterocycles. The Bertz CT molecular complexity index is 984. The summed E-state index contributed by atoms with van der Waals surface area (Å²) in [6.07, 6.45) is 4.29. The van der Waals surface area contributed by atoms with E-state index in [1.54, 1.807) is 17.9 Å². The van der Waals surface area contributed by atoms with Crippen molar-refractivity contribution in [1.82, 2.24) is 14.7 Å². The molecule has 4 rings (SSSR count). The van der Waals surface area contributed by atoms with Gasteiger partial charge in [-0.25, -0.2) is 4.39 Å². The van der Waals surface area contributed by atoms with Crippen molar-refractivity contribution >= 4 is 0 Å². The Morgan fingerprint density at radius 3 is 2.69 bits per heavy atom. The Labute approximate surface area is 170 Å². The van der Waals surface area contributed by atoms with Crippen LogP contribution in [0.5, 0.6) is 17.4 Å². The molecular formula is C23H26FN3O2. The number of methoxy groups -OCH3 is 1. The molecule has 152 valence electrons. The van der Waals surface area contributed by atoms with Crippen LogP contribution in [0.4, 0.5) is 4.39 Å².